The summed E-state index contributed by atoms with van der Waals surface area (Å²) in [6, 6.07) is 5.80. The Hall–Kier alpha value is -1.51. The maximum absolute atomic E-state index is 12.0. The van der Waals surface area contributed by atoms with Gasteiger partial charge in [0, 0.05) is 17.3 Å². The lowest BCUT2D eigenvalue weighted by atomic mass is 9.95. The Morgan fingerprint density at radius 2 is 2.00 bits per heavy atom. The predicted molar refractivity (Wildman–Crippen MR) is 69.9 cm³/mol. The molecule has 3 heteroatoms. The lowest BCUT2D eigenvalue weighted by molar-refractivity contribution is 0.0927. The largest absolute Gasteiger partial charge is 0.399 e. The van der Waals surface area contributed by atoms with E-state index < -0.39 is 0 Å². The molecule has 0 aromatic heterocycles. The molecule has 0 bridgehead atoms. The van der Waals surface area contributed by atoms with E-state index in [-0.39, 0.29) is 5.91 Å². The second kappa shape index (κ2) is 5.21. The van der Waals surface area contributed by atoms with Gasteiger partial charge in [-0.05, 0) is 43.5 Å². The highest BCUT2D eigenvalue weighted by Gasteiger charge is 2.16. The molecule has 92 valence electrons. The van der Waals surface area contributed by atoms with Gasteiger partial charge in [-0.1, -0.05) is 19.3 Å². The van der Waals surface area contributed by atoms with Crippen LogP contribution in [0.4, 0.5) is 5.69 Å². The number of aryl methyl sites for hydroxylation is 1. The van der Waals surface area contributed by atoms with Crippen molar-refractivity contribution in [2.75, 3.05) is 5.73 Å². The van der Waals surface area contributed by atoms with Crippen LogP contribution in [-0.4, -0.2) is 11.9 Å². The van der Waals surface area contributed by atoms with Gasteiger partial charge in [0.15, 0.2) is 0 Å². The molecule has 1 aromatic carbocycles. The van der Waals surface area contributed by atoms with Gasteiger partial charge < -0.3 is 11.1 Å². The molecule has 0 spiro atoms. The van der Waals surface area contributed by atoms with Crippen LogP contribution in [-0.2, 0) is 0 Å². The number of hydrogen-bond acceptors (Lipinski definition) is 2. The van der Waals surface area contributed by atoms with E-state index in [0.29, 0.717) is 11.6 Å². The summed E-state index contributed by atoms with van der Waals surface area (Å²) < 4.78 is 0. The van der Waals surface area contributed by atoms with E-state index in [4.69, 9.17) is 5.73 Å². The maximum Gasteiger partial charge on any atom is 0.251 e. The number of benzene rings is 1. The van der Waals surface area contributed by atoms with Gasteiger partial charge in [-0.25, -0.2) is 0 Å². The van der Waals surface area contributed by atoms with E-state index in [9.17, 15) is 4.79 Å². The Labute approximate surface area is 102 Å². The van der Waals surface area contributed by atoms with Crippen LogP contribution in [0.3, 0.4) is 0 Å². The average Bonchev–Trinajstić information content (AvgIpc) is 2.34. The van der Waals surface area contributed by atoms with Crippen molar-refractivity contribution in [1.29, 1.82) is 0 Å². The Balaban J connectivity index is 2.01. The van der Waals surface area contributed by atoms with Gasteiger partial charge in [-0.3, -0.25) is 4.79 Å². The predicted octanol–water partition coefficient (Wildman–Crippen LogP) is 2.64. The van der Waals surface area contributed by atoms with Crippen LogP contribution in [0, 0.1) is 6.92 Å². The molecule has 1 saturated carbocycles. The molecule has 0 aliphatic heterocycles. The first-order chi connectivity index (χ1) is 8.16. The van der Waals surface area contributed by atoms with Crippen LogP contribution in [0.2, 0.25) is 0 Å². The lowest BCUT2D eigenvalue weighted by Gasteiger charge is -2.22. The molecule has 1 amide bonds. The molecule has 17 heavy (non-hydrogen) atoms. The van der Waals surface area contributed by atoms with Gasteiger partial charge in [0.2, 0.25) is 0 Å². The first-order valence-corrected chi connectivity index (χ1v) is 6.34. The highest BCUT2D eigenvalue weighted by atomic mass is 16.1. The first-order valence-electron chi connectivity index (χ1n) is 6.34. The SMILES string of the molecule is Cc1cc(C(=O)NC2CCCCC2)ccc1N. The highest BCUT2D eigenvalue weighted by molar-refractivity contribution is 5.95. The number of carbonyl (C=O) groups excluding carboxylic acids is 1. The number of nitrogens with two attached hydrogens (primary N) is 1. The number of rotatable bonds is 2. The van der Waals surface area contributed by atoms with Gasteiger partial charge >= 0.3 is 0 Å². The van der Waals surface area contributed by atoms with Crippen molar-refractivity contribution in [3.05, 3.63) is 29.3 Å². The van der Waals surface area contributed by atoms with E-state index in [1.807, 2.05) is 13.0 Å². The molecule has 0 atom stereocenters. The minimum absolute atomic E-state index is 0.0278. The number of amides is 1. The molecular weight excluding hydrogens is 212 g/mol. The fraction of sp³-hybridized carbons (Fsp3) is 0.500. The highest BCUT2D eigenvalue weighted by Crippen LogP contribution is 2.18. The summed E-state index contributed by atoms with van der Waals surface area (Å²) in [5.41, 5.74) is 8.15. The maximum atomic E-state index is 12.0. The molecule has 0 radical (unpaired) electrons. The van der Waals surface area contributed by atoms with E-state index in [1.165, 1.54) is 19.3 Å². The number of hydrogen-bond donors (Lipinski definition) is 2. The quantitative estimate of drug-likeness (QED) is 0.770. The van der Waals surface area contributed by atoms with Crippen LogP contribution < -0.4 is 11.1 Å². The Morgan fingerprint density at radius 1 is 1.29 bits per heavy atom. The zero-order chi connectivity index (χ0) is 12.3. The third kappa shape index (κ3) is 2.99. The summed E-state index contributed by atoms with van der Waals surface area (Å²) in [6.07, 6.45) is 5.98. The van der Waals surface area contributed by atoms with E-state index >= 15 is 0 Å². The van der Waals surface area contributed by atoms with Crippen LogP contribution >= 0.6 is 0 Å². The van der Waals surface area contributed by atoms with Crippen molar-refractivity contribution in [3.8, 4) is 0 Å². The number of anilines is 1. The second-order valence-electron chi connectivity index (χ2n) is 4.88. The lowest BCUT2D eigenvalue weighted by Crippen LogP contribution is -2.36. The van der Waals surface area contributed by atoms with Crippen molar-refractivity contribution in [3.63, 3.8) is 0 Å². The monoisotopic (exact) mass is 232 g/mol. The zero-order valence-electron chi connectivity index (χ0n) is 10.3. The first kappa shape index (κ1) is 12.0. The third-order valence-electron chi connectivity index (χ3n) is 3.47. The van der Waals surface area contributed by atoms with Gasteiger partial charge in [-0.2, -0.15) is 0 Å². The summed E-state index contributed by atoms with van der Waals surface area (Å²) in [4.78, 5) is 12.0. The molecule has 3 N–H and O–H groups in total. The molecule has 3 nitrogen and oxygen atoms in total. The topological polar surface area (TPSA) is 55.1 Å². The minimum Gasteiger partial charge on any atom is -0.399 e. The summed E-state index contributed by atoms with van der Waals surface area (Å²) >= 11 is 0. The van der Waals surface area contributed by atoms with Gasteiger partial charge in [0.05, 0.1) is 0 Å². The van der Waals surface area contributed by atoms with E-state index in [0.717, 1.165) is 24.1 Å². The van der Waals surface area contributed by atoms with Crippen molar-refractivity contribution >= 4 is 11.6 Å². The van der Waals surface area contributed by atoms with Crippen molar-refractivity contribution in [1.82, 2.24) is 5.32 Å². The Kier molecular flexibility index (Phi) is 3.67. The summed E-state index contributed by atoms with van der Waals surface area (Å²) in [5.74, 6) is 0.0278. The molecule has 0 heterocycles. The van der Waals surface area contributed by atoms with Crippen molar-refractivity contribution in [2.45, 2.75) is 45.1 Å². The normalized spacial score (nSPS) is 16.8. The number of nitrogen functional groups attached to an aromatic ring is 1. The van der Waals surface area contributed by atoms with Gasteiger partial charge in [0.25, 0.3) is 5.91 Å². The smallest absolute Gasteiger partial charge is 0.251 e. The number of nitrogens with one attached hydrogen (secondary N) is 1. The average molecular weight is 232 g/mol. The molecule has 2 rings (SSSR count). The molecule has 0 saturated heterocycles. The molecule has 1 fully saturated rings. The van der Waals surface area contributed by atoms with Gasteiger partial charge in [0.1, 0.15) is 0 Å². The second-order valence-corrected chi connectivity index (χ2v) is 4.88. The fourth-order valence-electron chi connectivity index (χ4n) is 2.33. The molecular formula is C14H20N2O. The van der Waals surface area contributed by atoms with Crippen molar-refractivity contribution in [2.24, 2.45) is 0 Å². The van der Waals surface area contributed by atoms with Crippen molar-refractivity contribution < 1.29 is 4.79 Å². The van der Waals surface area contributed by atoms with E-state index in [2.05, 4.69) is 5.32 Å². The van der Waals surface area contributed by atoms with Crippen LogP contribution in [0.1, 0.15) is 48.0 Å². The van der Waals surface area contributed by atoms with Gasteiger partial charge in [-0.15, -0.1) is 0 Å². The summed E-state index contributed by atoms with van der Waals surface area (Å²) in [7, 11) is 0. The molecule has 0 unspecified atom stereocenters. The van der Waals surface area contributed by atoms with Crippen LogP contribution in [0.25, 0.3) is 0 Å². The Bertz CT molecular complexity index is 409. The van der Waals surface area contributed by atoms with Crippen LogP contribution in [0.5, 0.6) is 0 Å². The standard InChI is InChI=1S/C14H20N2O/c1-10-9-11(7-8-13(10)15)14(17)16-12-5-3-2-4-6-12/h7-9,12H,2-6,15H2,1H3,(H,16,17). The minimum atomic E-state index is 0.0278. The molecule has 1 aliphatic carbocycles. The van der Waals surface area contributed by atoms with E-state index in [1.54, 1.807) is 12.1 Å². The zero-order valence-corrected chi connectivity index (χ0v) is 10.3. The number of carbonyl (C=O) groups is 1. The Morgan fingerprint density at radius 3 is 2.65 bits per heavy atom. The summed E-state index contributed by atoms with van der Waals surface area (Å²) in [6.45, 7) is 1.92. The summed E-state index contributed by atoms with van der Waals surface area (Å²) in [5, 5.41) is 3.10. The third-order valence-corrected chi connectivity index (χ3v) is 3.47. The molecule has 1 aliphatic rings. The van der Waals surface area contributed by atoms with Crippen LogP contribution in [0.15, 0.2) is 18.2 Å². The fourth-order valence-corrected chi connectivity index (χ4v) is 2.33. The molecule has 1 aromatic rings.